The fourth-order valence-electron chi connectivity index (χ4n) is 2.29. The molecule has 0 bridgehead atoms. The summed E-state index contributed by atoms with van der Waals surface area (Å²) >= 11 is 0. The van der Waals surface area contributed by atoms with E-state index in [-0.39, 0.29) is 25.2 Å². The Labute approximate surface area is 151 Å². The van der Waals surface area contributed by atoms with Gasteiger partial charge in [0.1, 0.15) is 11.6 Å². The minimum absolute atomic E-state index is 0.0542. The molecule has 0 saturated heterocycles. The van der Waals surface area contributed by atoms with Crippen LogP contribution in [0, 0.1) is 18.6 Å². The Hall–Kier alpha value is -2.32. The topological polar surface area (TPSA) is 66.5 Å². The minimum Gasteiger partial charge on any atom is -0.324 e. The lowest BCUT2D eigenvalue weighted by Gasteiger charge is -2.20. The normalized spacial score (nSPS) is 11.6. The van der Waals surface area contributed by atoms with E-state index in [9.17, 15) is 22.0 Å². The lowest BCUT2D eigenvalue weighted by molar-refractivity contribution is -0.116. The zero-order chi connectivity index (χ0) is 19.3. The average molecular weight is 382 g/mol. The van der Waals surface area contributed by atoms with E-state index in [1.807, 2.05) is 31.2 Å². The fourth-order valence-corrected chi connectivity index (χ4v) is 3.10. The molecule has 0 atom stereocenters. The third-order valence-corrected chi connectivity index (χ3v) is 4.99. The molecule has 2 aromatic rings. The van der Waals surface area contributed by atoms with Crippen LogP contribution in [0.3, 0.4) is 0 Å². The number of amides is 1. The second-order valence-corrected chi connectivity index (χ2v) is 7.99. The average Bonchev–Trinajstić information content (AvgIpc) is 2.54. The monoisotopic (exact) mass is 382 g/mol. The summed E-state index contributed by atoms with van der Waals surface area (Å²) < 4.78 is 51.5. The van der Waals surface area contributed by atoms with Crippen molar-refractivity contribution in [3.05, 3.63) is 65.2 Å². The van der Waals surface area contributed by atoms with Crippen molar-refractivity contribution in [2.45, 2.75) is 19.9 Å². The van der Waals surface area contributed by atoms with Crippen LogP contribution in [0.1, 0.15) is 17.5 Å². The smallest absolute Gasteiger partial charge is 0.225 e. The summed E-state index contributed by atoms with van der Waals surface area (Å²) in [5.74, 6) is -2.20. The molecule has 0 aliphatic carbocycles. The molecule has 0 aromatic heterocycles. The van der Waals surface area contributed by atoms with Crippen molar-refractivity contribution in [3.8, 4) is 0 Å². The molecular weight excluding hydrogens is 362 g/mol. The van der Waals surface area contributed by atoms with Crippen molar-refractivity contribution in [3.63, 3.8) is 0 Å². The largest absolute Gasteiger partial charge is 0.324 e. The van der Waals surface area contributed by atoms with E-state index in [1.54, 1.807) is 0 Å². The third kappa shape index (κ3) is 5.89. The molecule has 140 valence electrons. The highest BCUT2D eigenvalue weighted by Gasteiger charge is 2.19. The Morgan fingerprint density at radius 1 is 1.12 bits per heavy atom. The van der Waals surface area contributed by atoms with Crippen molar-refractivity contribution in [1.29, 1.82) is 0 Å². The highest BCUT2D eigenvalue weighted by atomic mass is 32.2. The molecule has 0 aliphatic rings. The SMILES string of the molecule is Cc1ccc(CN(CCC(=O)Nc2ccc(F)cc2F)S(C)(=O)=O)cc1. The molecule has 1 amide bonds. The third-order valence-electron chi connectivity index (χ3n) is 3.74. The summed E-state index contributed by atoms with van der Waals surface area (Å²) in [7, 11) is -3.53. The predicted octanol–water partition coefficient (Wildman–Crippen LogP) is 3.06. The minimum atomic E-state index is -3.53. The zero-order valence-electron chi connectivity index (χ0n) is 14.5. The molecule has 0 saturated carbocycles. The van der Waals surface area contributed by atoms with Gasteiger partial charge < -0.3 is 5.32 Å². The van der Waals surface area contributed by atoms with Gasteiger partial charge in [-0.05, 0) is 24.6 Å². The Bertz CT molecular complexity index is 884. The zero-order valence-corrected chi connectivity index (χ0v) is 15.3. The van der Waals surface area contributed by atoms with Crippen LogP contribution >= 0.6 is 0 Å². The molecule has 0 unspecified atom stereocenters. The van der Waals surface area contributed by atoms with Crippen molar-refractivity contribution in [2.75, 3.05) is 18.1 Å². The number of benzene rings is 2. The number of aryl methyl sites for hydroxylation is 1. The first-order valence-corrected chi connectivity index (χ1v) is 9.75. The number of sulfonamides is 1. The van der Waals surface area contributed by atoms with Gasteiger partial charge in [0.15, 0.2) is 0 Å². The fraction of sp³-hybridized carbons (Fsp3) is 0.278. The van der Waals surface area contributed by atoms with E-state index in [2.05, 4.69) is 5.32 Å². The number of carbonyl (C=O) groups excluding carboxylic acids is 1. The number of nitrogens with one attached hydrogen (secondary N) is 1. The molecule has 0 heterocycles. The molecule has 2 aromatic carbocycles. The first-order chi connectivity index (χ1) is 12.1. The molecule has 0 aliphatic heterocycles. The Morgan fingerprint density at radius 2 is 1.77 bits per heavy atom. The van der Waals surface area contributed by atoms with E-state index in [4.69, 9.17) is 0 Å². The molecule has 0 fully saturated rings. The molecule has 8 heteroatoms. The molecule has 26 heavy (non-hydrogen) atoms. The van der Waals surface area contributed by atoms with Gasteiger partial charge in [-0.25, -0.2) is 17.2 Å². The van der Waals surface area contributed by atoms with Crippen LogP contribution in [0.15, 0.2) is 42.5 Å². The van der Waals surface area contributed by atoms with Crippen molar-refractivity contribution in [1.82, 2.24) is 4.31 Å². The van der Waals surface area contributed by atoms with E-state index >= 15 is 0 Å². The van der Waals surface area contributed by atoms with Gasteiger partial charge in [-0.2, -0.15) is 4.31 Å². The lowest BCUT2D eigenvalue weighted by Crippen LogP contribution is -2.32. The first kappa shape index (κ1) is 20.0. The second kappa shape index (κ2) is 8.37. The second-order valence-electron chi connectivity index (χ2n) is 6.00. The molecule has 5 nitrogen and oxygen atoms in total. The van der Waals surface area contributed by atoms with Gasteiger partial charge in [-0.1, -0.05) is 29.8 Å². The Morgan fingerprint density at radius 3 is 2.35 bits per heavy atom. The van der Waals surface area contributed by atoms with Crippen molar-refractivity contribution in [2.24, 2.45) is 0 Å². The molecular formula is C18H20F2N2O3S. The maximum atomic E-state index is 13.6. The van der Waals surface area contributed by atoms with Crippen LogP contribution in [0.2, 0.25) is 0 Å². The van der Waals surface area contributed by atoms with Gasteiger partial charge in [-0.15, -0.1) is 0 Å². The van der Waals surface area contributed by atoms with Gasteiger partial charge >= 0.3 is 0 Å². The van der Waals surface area contributed by atoms with Crippen LogP contribution in [0.25, 0.3) is 0 Å². The van der Waals surface area contributed by atoms with Crippen molar-refractivity contribution < 1.29 is 22.0 Å². The molecule has 0 spiro atoms. The van der Waals surface area contributed by atoms with Crippen LogP contribution in [0.4, 0.5) is 14.5 Å². The molecule has 0 radical (unpaired) electrons. The maximum Gasteiger partial charge on any atom is 0.225 e. The Balaban J connectivity index is 2.00. The number of carbonyl (C=O) groups is 1. The van der Waals surface area contributed by atoms with Gasteiger partial charge in [0.25, 0.3) is 0 Å². The number of rotatable bonds is 7. The van der Waals surface area contributed by atoms with Gasteiger partial charge in [-0.3, -0.25) is 4.79 Å². The maximum absolute atomic E-state index is 13.6. The number of hydrogen-bond donors (Lipinski definition) is 1. The van der Waals surface area contributed by atoms with E-state index in [1.165, 1.54) is 4.31 Å². The van der Waals surface area contributed by atoms with E-state index in [0.717, 1.165) is 29.5 Å². The van der Waals surface area contributed by atoms with E-state index in [0.29, 0.717) is 6.07 Å². The summed E-state index contributed by atoms with van der Waals surface area (Å²) in [4.78, 5) is 12.0. The van der Waals surface area contributed by atoms with Gasteiger partial charge in [0.2, 0.25) is 15.9 Å². The van der Waals surface area contributed by atoms with Gasteiger partial charge in [0, 0.05) is 25.6 Å². The lowest BCUT2D eigenvalue weighted by atomic mass is 10.1. The number of halogens is 2. The highest BCUT2D eigenvalue weighted by molar-refractivity contribution is 7.88. The standard InChI is InChI=1S/C18H20F2N2O3S/c1-13-3-5-14(6-4-13)12-22(26(2,24)25)10-9-18(23)21-17-8-7-15(19)11-16(17)20/h3-8,11H,9-10,12H2,1-2H3,(H,21,23). The predicted molar refractivity (Wildman–Crippen MR) is 96.0 cm³/mol. The summed E-state index contributed by atoms with van der Waals surface area (Å²) in [6, 6.07) is 10.2. The summed E-state index contributed by atoms with van der Waals surface area (Å²) in [5, 5.41) is 2.31. The van der Waals surface area contributed by atoms with E-state index < -0.39 is 27.6 Å². The summed E-state index contributed by atoms with van der Waals surface area (Å²) in [5.41, 5.74) is 1.70. The number of anilines is 1. The van der Waals surface area contributed by atoms with Gasteiger partial charge in [0.05, 0.1) is 11.9 Å². The molecule has 1 N–H and O–H groups in total. The van der Waals surface area contributed by atoms with Crippen LogP contribution in [0.5, 0.6) is 0 Å². The highest BCUT2D eigenvalue weighted by Crippen LogP contribution is 2.16. The number of nitrogens with zero attached hydrogens (tertiary/aromatic N) is 1. The van der Waals surface area contributed by atoms with Crippen LogP contribution in [-0.4, -0.2) is 31.4 Å². The van der Waals surface area contributed by atoms with Crippen molar-refractivity contribution >= 4 is 21.6 Å². The first-order valence-electron chi connectivity index (χ1n) is 7.91. The van der Waals surface area contributed by atoms with Crippen LogP contribution < -0.4 is 5.32 Å². The summed E-state index contributed by atoms with van der Waals surface area (Å²) in [6.45, 7) is 2.01. The quantitative estimate of drug-likeness (QED) is 0.800. The molecule has 2 rings (SSSR count). The van der Waals surface area contributed by atoms with Crippen LogP contribution in [-0.2, 0) is 21.4 Å². The summed E-state index contributed by atoms with van der Waals surface area (Å²) in [6.07, 6.45) is 0.911. The Kier molecular flexibility index (Phi) is 6.44. The number of hydrogen-bond acceptors (Lipinski definition) is 3.